The third kappa shape index (κ3) is 4.57. The first-order valence-electron chi connectivity index (χ1n) is 6.66. The lowest BCUT2D eigenvalue weighted by Gasteiger charge is -2.22. The molecule has 2 aromatic carbocycles. The van der Waals surface area contributed by atoms with Gasteiger partial charge >= 0.3 is 0 Å². The Bertz CT molecular complexity index is 649. The van der Waals surface area contributed by atoms with E-state index in [4.69, 9.17) is 5.26 Å². The number of hydrogen-bond donors (Lipinski definition) is 0. The maximum atomic E-state index is 12.6. The summed E-state index contributed by atoms with van der Waals surface area (Å²) in [4.78, 5) is 14.3. The Hall–Kier alpha value is -1.87. The normalized spacial score (nSPS) is 9.90. The quantitative estimate of drug-likeness (QED) is 0.729. The monoisotopic (exact) mass is 390 g/mol. The first kappa shape index (κ1) is 15.5. The fraction of sp³-hybridized carbons (Fsp3) is 0.176. The lowest BCUT2D eigenvalue weighted by atomic mass is 10.1. The second-order valence-corrected chi connectivity index (χ2v) is 5.88. The highest BCUT2D eigenvalue weighted by Crippen LogP contribution is 2.13. The number of nitriles is 1. The molecule has 0 radical (unpaired) electrons. The van der Waals surface area contributed by atoms with E-state index < -0.39 is 0 Å². The highest BCUT2D eigenvalue weighted by Gasteiger charge is 2.16. The molecule has 21 heavy (non-hydrogen) atoms. The summed E-state index contributed by atoms with van der Waals surface area (Å²) in [5, 5.41) is 8.79. The molecule has 0 aliphatic carbocycles. The number of rotatable bonds is 5. The van der Waals surface area contributed by atoms with E-state index in [-0.39, 0.29) is 5.91 Å². The molecule has 0 spiro atoms. The molecule has 0 aliphatic heterocycles. The fourth-order valence-electron chi connectivity index (χ4n) is 2.05. The smallest absolute Gasteiger partial charge is 0.254 e. The van der Waals surface area contributed by atoms with Gasteiger partial charge in [-0.2, -0.15) is 5.26 Å². The Kier molecular flexibility index (Phi) is 5.76. The Balaban J connectivity index is 2.19. The van der Waals surface area contributed by atoms with Gasteiger partial charge in [-0.15, -0.1) is 0 Å². The maximum absolute atomic E-state index is 12.6. The maximum Gasteiger partial charge on any atom is 0.254 e. The average molecular weight is 390 g/mol. The molecule has 1 amide bonds. The Morgan fingerprint density at radius 3 is 2.57 bits per heavy atom. The molecule has 0 aromatic heterocycles. The number of hydrogen-bond acceptors (Lipinski definition) is 2. The van der Waals surface area contributed by atoms with Crippen LogP contribution in [0.2, 0.25) is 0 Å². The van der Waals surface area contributed by atoms with Gasteiger partial charge in [0.15, 0.2) is 0 Å². The van der Waals surface area contributed by atoms with Gasteiger partial charge in [0.25, 0.3) is 5.91 Å². The molecule has 0 N–H and O–H groups in total. The van der Waals surface area contributed by atoms with Gasteiger partial charge in [0, 0.05) is 22.2 Å². The summed E-state index contributed by atoms with van der Waals surface area (Å²) in [6.07, 6.45) is 0.336. The molecule has 0 unspecified atom stereocenters. The van der Waals surface area contributed by atoms with Crippen LogP contribution < -0.4 is 0 Å². The largest absolute Gasteiger partial charge is 0.333 e. The number of carbonyl (C=O) groups is 1. The van der Waals surface area contributed by atoms with Crippen molar-refractivity contribution in [1.82, 2.24) is 4.90 Å². The van der Waals surface area contributed by atoms with Crippen molar-refractivity contribution in [3.63, 3.8) is 0 Å². The summed E-state index contributed by atoms with van der Waals surface area (Å²) < 4.78 is 1.03. The standard InChI is InChI=1S/C17H15IN2O/c18-16-9-4-8-15(12-16)17(21)20(11-5-10-19)13-14-6-2-1-3-7-14/h1-4,6-9,12H,5,11,13H2. The van der Waals surface area contributed by atoms with E-state index in [9.17, 15) is 4.79 Å². The summed E-state index contributed by atoms with van der Waals surface area (Å²) in [6.45, 7) is 0.961. The average Bonchev–Trinajstić information content (AvgIpc) is 2.51. The van der Waals surface area contributed by atoms with Crippen LogP contribution in [-0.4, -0.2) is 17.4 Å². The number of halogens is 1. The highest BCUT2D eigenvalue weighted by atomic mass is 127. The van der Waals surface area contributed by atoms with Crippen LogP contribution in [0.15, 0.2) is 54.6 Å². The zero-order chi connectivity index (χ0) is 15.1. The topological polar surface area (TPSA) is 44.1 Å². The van der Waals surface area contributed by atoms with E-state index in [0.29, 0.717) is 25.1 Å². The van der Waals surface area contributed by atoms with Crippen molar-refractivity contribution in [2.75, 3.05) is 6.54 Å². The number of nitrogens with zero attached hydrogens (tertiary/aromatic N) is 2. The number of carbonyl (C=O) groups excluding carboxylic acids is 1. The second-order valence-electron chi connectivity index (χ2n) is 4.63. The van der Waals surface area contributed by atoms with Crippen molar-refractivity contribution in [1.29, 1.82) is 5.26 Å². The van der Waals surface area contributed by atoms with Gasteiger partial charge in [-0.25, -0.2) is 0 Å². The molecule has 4 heteroatoms. The van der Waals surface area contributed by atoms with E-state index in [2.05, 4.69) is 28.7 Å². The van der Waals surface area contributed by atoms with Crippen molar-refractivity contribution >= 4 is 28.5 Å². The predicted octanol–water partition coefficient (Wildman–Crippen LogP) is 3.85. The van der Waals surface area contributed by atoms with Crippen molar-refractivity contribution in [3.05, 3.63) is 69.3 Å². The lowest BCUT2D eigenvalue weighted by Crippen LogP contribution is -2.31. The van der Waals surface area contributed by atoms with E-state index in [1.54, 1.807) is 4.90 Å². The lowest BCUT2D eigenvalue weighted by molar-refractivity contribution is 0.0747. The van der Waals surface area contributed by atoms with Crippen molar-refractivity contribution in [2.45, 2.75) is 13.0 Å². The molecule has 0 heterocycles. The minimum Gasteiger partial charge on any atom is -0.333 e. The molecular weight excluding hydrogens is 375 g/mol. The van der Waals surface area contributed by atoms with Gasteiger partial charge in [0.1, 0.15) is 0 Å². The van der Waals surface area contributed by atoms with Gasteiger partial charge in [0.05, 0.1) is 12.5 Å². The van der Waals surface area contributed by atoms with E-state index in [1.807, 2.05) is 54.6 Å². The minimum atomic E-state index is -0.0346. The molecule has 2 rings (SSSR count). The highest BCUT2D eigenvalue weighted by molar-refractivity contribution is 14.1. The molecule has 0 aliphatic rings. The summed E-state index contributed by atoms with van der Waals surface area (Å²) >= 11 is 2.19. The van der Waals surface area contributed by atoms with Crippen LogP contribution in [0.25, 0.3) is 0 Å². The van der Waals surface area contributed by atoms with E-state index in [1.165, 1.54) is 0 Å². The van der Waals surface area contributed by atoms with Gasteiger partial charge < -0.3 is 4.90 Å². The first-order valence-corrected chi connectivity index (χ1v) is 7.74. The van der Waals surface area contributed by atoms with Gasteiger partial charge in [-0.05, 0) is 46.4 Å². The van der Waals surface area contributed by atoms with Crippen molar-refractivity contribution in [3.8, 4) is 6.07 Å². The zero-order valence-electron chi connectivity index (χ0n) is 11.5. The summed E-state index contributed by atoms with van der Waals surface area (Å²) in [5.41, 5.74) is 1.73. The van der Waals surface area contributed by atoms with Gasteiger partial charge in [0.2, 0.25) is 0 Å². The Morgan fingerprint density at radius 1 is 1.14 bits per heavy atom. The molecular formula is C17H15IN2O. The van der Waals surface area contributed by atoms with Gasteiger partial charge in [-0.3, -0.25) is 4.79 Å². The van der Waals surface area contributed by atoms with Crippen molar-refractivity contribution in [2.24, 2.45) is 0 Å². The molecule has 0 bridgehead atoms. The molecule has 106 valence electrons. The summed E-state index contributed by atoms with van der Waals surface area (Å²) in [5.74, 6) is -0.0346. The van der Waals surface area contributed by atoms with Crippen LogP contribution in [-0.2, 0) is 6.54 Å². The Labute approximate surface area is 138 Å². The van der Waals surface area contributed by atoms with Crippen LogP contribution in [0.5, 0.6) is 0 Å². The first-order chi connectivity index (χ1) is 10.2. The number of amides is 1. The number of benzene rings is 2. The van der Waals surface area contributed by atoms with Crippen LogP contribution >= 0.6 is 22.6 Å². The third-order valence-corrected chi connectivity index (χ3v) is 3.74. The van der Waals surface area contributed by atoms with E-state index >= 15 is 0 Å². The molecule has 3 nitrogen and oxygen atoms in total. The second kappa shape index (κ2) is 7.79. The SMILES string of the molecule is N#CCCN(Cc1ccccc1)C(=O)c1cccc(I)c1. The zero-order valence-corrected chi connectivity index (χ0v) is 13.7. The molecule has 0 saturated heterocycles. The predicted molar refractivity (Wildman–Crippen MR) is 90.6 cm³/mol. The van der Waals surface area contributed by atoms with Crippen LogP contribution in [0.1, 0.15) is 22.3 Å². The third-order valence-electron chi connectivity index (χ3n) is 3.07. The van der Waals surface area contributed by atoms with Gasteiger partial charge in [-0.1, -0.05) is 36.4 Å². The van der Waals surface area contributed by atoms with Crippen molar-refractivity contribution < 1.29 is 4.79 Å². The Morgan fingerprint density at radius 2 is 1.90 bits per heavy atom. The van der Waals surface area contributed by atoms with Crippen LogP contribution in [0.4, 0.5) is 0 Å². The summed E-state index contributed by atoms with van der Waals surface area (Å²) in [7, 11) is 0. The van der Waals surface area contributed by atoms with E-state index in [0.717, 1.165) is 9.13 Å². The molecule has 0 saturated carbocycles. The molecule has 0 atom stereocenters. The fourth-order valence-corrected chi connectivity index (χ4v) is 2.59. The summed E-state index contributed by atoms with van der Waals surface area (Å²) in [6, 6.07) is 19.4. The van der Waals surface area contributed by atoms with Crippen LogP contribution in [0, 0.1) is 14.9 Å². The minimum absolute atomic E-state index is 0.0346. The molecule has 2 aromatic rings. The van der Waals surface area contributed by atoms with Crippen LogP contribution in [0.3, 0.4) is 0 Å². The molecule has 0 fully saturated rings.